The highest BCUT2D eigenvalue weighted by Gasteiger charge is 2.59. The van der Waals surface area contributed by atoms with Crippen molar-refractivity contribution in [2.45, 2.75) is 65.3 Å². The van der Waals surface area contributed by atoms with E-state index >= 15 is 0 Å². The van der Waals surface area contributed by atoms with Crippen LogP contribution in [-0.2, 0) is 9.47 Å². The molecule has 0 radical (unpaired) electrons. The molecule has 0 bridgehead atoms. The molecule has 1 saturated heterocycles. The molecule has 0 aromatic carbocycles. The fraction of sp³-hybridized carbons (Fsp3) is 0.667. The van der Waals surface area contributed by atoms with Gasteiger partial charge in [-0.25, -0.2) is 9.78 Å². The van der Waals surface area contributed by atoms with Gasteiger partial charge in [-0.15, -0.1) is 0 Å². The number of hydrogen-bond acceptors (Lipinski definition) is 5. The van der Waals surface area contributed by atoms with Gasteiger partial charge in [-0.05, 0) is 68.4 Å². The number of ether oxygens (including phenoxy) is 3. The number of rotatable bonds is 5. The van der Waals surface area contributed by atoms with Crippen LogP contribution in [0.4, 0.5) is 0 Å². The lowest BCUT2D eigenvalue weighted by molar-refractivity contribution is -0.297. The third-order valence-corrected chi connectivity index (χ3v) is 7.93. The van der Waals surface area contributed by atoms with Gasteiger partial charge in [-0.2, -0.15) is 0 Å². The number of fused-ring (bicyclic) bond motifs is 3. The summed E-state index contributed by atoms with van der Waals surface area (Å²) in [6.45, 7) is 12.5. The number of pyridine rings is 1. The quantitative estimate of drug-likeness (QED) is 0.703. The molecule has 4 rings (SSSR count). The Morgan fingerprint density at radius 2 is 2.13 bits per heavy atom. The van der Waals surface area contributed by atoms with Crippen LogP contribution in [0.2, 0.25) is 0 Å². The first-order valence-electron chi connectivity index (χ1n) is 11.0. The molecular weight excluding hydrogens is 382 g/mol. The minimum Gasteiger partial charge on any atom is -0.492 e. The molecule has 1 aromatic rings. The average molecular weight is 416 g/mol. The van der Waals surface area contributed by atoms with Gasteiger partial charge in [0.05, 0.1) is 25.5 Å². The summed E-state index contributed by atoms with van der Waals surface area (Å²) in [6.07, 6.45) is 6.89. The van der Waals surface area contributed by atoms with Crippen LogP contribution in [0.15, 0.2) is 30.5 Å². The van der Waals surface area contributed by atoms with Crippen LogP contribution in [0.3, 0.4) is 0 Å². The maximum absolute atomic E-state index is 11.0. The Kier molecular flexibility index (Phi) is 5.66. The zero-order valence-corrected chi connectivity index (χ0v) is 18.2. The van der Waals surface area contributed by atoms with E-state index in [9.17, 15) is 4.79 Å². The summed E-state index contributed by atoms with van der Waals surface area (Å²) < 4.78 is 18.1. The zero-order chi connectivity index (χ0) is 21.5. The lowest BCUT2D eigenvalue weighted by atomic mass is 9.46. The SMILES string of the molecule is C=C1CCC2[C@]3(C)CO[C@@H](C)O[C@@H]3CC[C@@]2(C)[C@@H]1CCOc1ccc(C(=O)O)nc1. The van der Waals surface area contributed by atoms with E-state index in [0.717, 1.165) is 38.7 Å². The Bertz CT molecular complexity index is 808. The van der Waals surface area contributed by atoms with Crippen LogP contribution in [0.5, 0.6) is 5.75 Å². The molecule has 3 aliphatic rings. The normalized spacial score (nSPS) is 38.4. The molecule has 6 nitrogen and oxygen atoms in total. The lowest BCUT2D eigenvalue weighted by Gasteiger charge is -2.62. The first-order valence-corrected chi connectivity index (χ1v) is 11.0. The van der Waals surface area contributed by atoms with Crippen LogP contribution in [0, 0.1) is 22.7 Å². The molecule has 0 amide bonds. The summed E-state index contributed by atoms with van der Waals surface area (Å²) in [6, 6.07) is 3.14. The van der Waals surface area contributed by atoms with E-state index in [0.29, 0.717) is 24.2 Å². The molecule has 0 spiro atoms. The number of nitrogens with zero attached hydrogens (tertiary/aromatic N) is 1. The Hall–Kier alpha value is -1.92. The number of aromatic nitrogens is 1. The molecule has 2 heterocycles. The van der Waals surface area contributed by atoms with Crippen molar-refractivity contribution >= 4 is 5.97 Å². The topological polar surface area (TPSA) is 77.9 Å². The smallest absolute Gasteiger partial charge is 0.354 e. The van der Waals surface area contributed by atoms with Crippen molar-refractivity contribution in [3.63, 3.8) is 0 Å². The van der Waals surface area contributed by atoms with Crippen LogP contribution in [0.25, 0.3) is 0 Å². The molecule has 6 atom stereocenters. The van der Waals surface area contributed by atoms with E-state index in [1.807, 2.05) is 6.92 Å². The third-order valence-electron chi connectivity index (χ3n) is 7.93. The van der Waals surface area contributed by atoms with Crippen LogP contribution in [-0.4, -0.2) is 41.7 Å². The first kappa shape index (κ1) is 21.3. The molecule has 30 heavy (non-hydrogen) atoms. The van der Waals surface area contributed by atoms with Crippen molar-refractivity contribution in [3.05, 3.63) is 36.2 Å². The first-order chi connectivity index (χ1) is 14.2. The summed E-state index contributed by atoms with van der Waals surface area (Å²) in [5.74, 6) is 0.484. The van der Waals surface area contributed by atoms with Gasteiger partial charge in [0.15, 0.2) is 6.29 Å². The molecule has 1 N–H and O–H groups in total. The van der Waals surface area contributed by atoms with E-state index in [2.05, 4.69) is 25.4 Å². The Labute approximate surface area is 178 Å². The van der Waals surface area contributed by atoms with Gasteiger partial charge in [-0.3, -0.25) is 0 Å². The second-order valence-electron chi connectivity index (χ2n) is 9.68. The minimum absolute atomic E-state index is 0.0228. The Morgan fingerprint density at radius 1 is 1.33 bits per heavy atom. The number of allylic oxidation sites excluding steroid dienone is 1. The molecule has 164 valence electrons. The van der Waals surface area contributed by atoms with E-state index < -0.39 is 5.97 Å². The average Bonchev–Trinajstić information content (AvgIpc) is 2.71. The molecule has 2 aliphatic carbocycles. The fourth-order valence-corrected chi connectivity index (χ4v) is 6.38. The summed E-state index contributed by atoms with van der Waals surface area (Å²) in [7, 11) is 0. The molecular formula is C24H33NO5. The Morgan fingerprint density at radius 3 is 2.83 bits per heavy atom. The van der Waals surface area contributed by atoms with Crippen molar-refractivity contribution in [1.29, 1.82) is 0 Å². The maximum atomic E-state index is 11.0. The number of hydrogen-bond donors (Lipinski definition) is 1. The van der Waals surface area contributed by atoms with E-state index in [-0.39, 0.29) is 28.9 Å². The predicted octanol–water partition coefficient (Wildman–Crippen LogP) is 4.70. The fourth-order valence-electron chi connectivity index (χ4n) is 6.38. The highest BCUT2D eigenvalue weighted by molar-refractivity contribution is 5.85. The Balaban J connectivity index is 1.45. The maximum Gasteiger partial charge on any atom is 0.354 e. The molecule has 1 aliphatic heterocycles. The van der Waals surface area contributed by atoms with Crippen LogP contribution < -0.4 is 4.74 Å². The number of carboxylic acids is 1. The van der Waals surface area contributed by atoms with Gasteiger partial charge in [0.1, 0.15) is 11.4 Å². The predicted molar refractivity (Wildman–Crippen MR) is 112 cm³/mol. The number of aromatic carboxylic acids is 1. The van der Waals surface area contributed by atoms with Crippen molar-refractivity contribution in [1.82, 2.24) is 4.98 Å². The van der Waals surface area contributed by atoms with Gasteiger partial charge in [-0.1, -0.05) is 26.0 Å². The van der Waals surface area contributed by atoms with Crippen LogP contribution >= 0.6 is 0 Å². The largest absolute Gasteiger partial charge is 0.492 e. The summed E-state index contributed by atoms with van der Waals surface area (Å²) in [5.41, 5.74) is 1.54. The van der Waals surface area contributed by atoms with Gasteiger partial charge >= 0.3 is 5.97 Å². The van der Waals surface area contributed by atoms with Gasteiger partial charge < -0.3 is 19.3 Å². The molecule has 3 fully saturated rings. The molecule has 1 unspecified atom stereocenters. The summed E-state index contributed by atoms with van der Waals surface area (Å²) in [5, 5.41) is 8.98. The highest BCUT2D eigenvalue weighted by atomic mass is 16.7. The van der Waals surface area contributed by atoms with Crippen molar-refractivity contribution in [2.75, 3.05) is 13.2 Å². The van der Waals surface area contributed by atoms with Crippen molar-refractivity contribution < 1.29 is 24.1 Å². The third kappa shape index (κ3) is 3.65. The van der Waals surface area contributed by atoms with Gasteiger partial charge in [0.2, 0.25) is 0 Å². The highest BCUT2D eigenvalue weighted by Crippen LogP contribution is 2.63. The van der Waals surface area contributed by atoms with Crippen LogP contribution in [0.1, 0.15) is 63.4 Å². The molecule has 6 heteroatoms. The summed E-state index contributed by atoms with van der Waals surface area (Å²) >= 11 is 0. The zero-order valence-electron chi connectivity index (χ0n) is 18.2. The number of carbonyl (C=O) groups is 1. The number of carboxylic acid groups (broad SMARTS) is 1. The van der Waals surface area contributed by atoms with Crippen molar-refractivity contribution in [2.24, 2.45) is 22.7 Å². The summed E-state index contributed by atoms with van der Waals surface area (Å²) in [4.78, 5) is 14.9. The van der Waals surface area contributed by atoms with Gasteiger partial charge in [0.25, 0.3) is 0 Å². The van der Waals surface area contributed by atoms with E-state index in [4.69, 9.17) is 19.3 Å². The second kappa shape index (κ2) is 7.97. The standard InChI is InChI=1S/C24H33NO5/c1-15-5-8-20-23(3,11-9-21-24(20,4)14-29-16(2)30-21)18(15)10-12-28-17-6-7-19(22(26)27)25-13-17/h6-7,13,16,18,20-21H,1,5,8-12,14H2,2-4H3,(H,26,27)/t16-,18-,20?,21-,23+,24+/m1/s1. The monoisotopic (exact) mass is 415 g/mol. The molecule has 2 saturated carbocycles. The lowest BCUT2D eigenvalue weighted by Crippen LogP contribution is -2.61. The van der Waals surface area contributed by atoms with Gasteiger partial charge in [0, 0.05) is 5.41 Å². The minimum atomic E-state index is -1.03. The van der Waals surface area contributed by atoms with E-state index in [1.165, 1.54) is 17.8 Å². The van der Waals surface area contributed by atoms with Crippen molar-refractivity contribution in [3.8, 4) is 5.75 Å². The molecule has 1 aromatic heterocycles. The second-order valence-corrected chi connectivity index (χ2v) is 9.68. The van der Waals surface area contributed by atoms with E-state index in [1.54, 1.807) is 6.07 Å².